The first-order chi connectivity index (χ1) is 15.2. The molecule has 1 saturated carbocycles. The van der Waals surface area contributed by atoms with Crippen LogP contribution >= 0.6 is 0 Å². The van der Waals surface area contributed by atoms with Crippen LogP contribution in [0.25, 0.3) is 0 Å². The summed E-state index contributed by atoms with van der Waals surface area (Å²) in [7, 11) is 0. The summed E-state index contributed by atoms with van der Waals surface area (Å²) in [6, 6.07) is 8.49. The summed E-state index contributed by atoms with van der Waals surface area (Å²) in [6.07, 6.45) is 7.73. The summed E-state index contributed by atoms with van der Waals surface area (Å²) in [5.74, 6) is 1.22. The Morgan fingerprint density at radius 2 is 1.16 bits per heavy atom. The fraction of sp³-hybridized carbons (Fsp3) is 0.500. The lowest BCUT2D eigenvalue weighted by atomic mass is 9.91. The van der Waals surface area contributed by atoms with E-state index < -0.39 is 0 Å². The minimum Gasteiger partial charge on any atom is -0.507 e. The molecule has 0 radical (unpaired) electrons. The molecule has 172 valence electrons. The number of hydrogen-bond acceptors (Lipinski definition) is 4. The van der Waals surface area contributed by atoms with Crippen molar-refractivity contribution in [2.24, 2.45) is 9.98 Å². The first-order valence-electron chi connectivity index (χ1n) is 11.9. The Hall–Kier alpha value is -2.62. The van der Waals surface area contributed by atoms with E-state index in [-0.39, 0.29) is 23.9 Å². The first-order valence-corrected chi connectivity index (χ1v) is 11.9. The molecule has 0 amide bonds. The monoisotopic (exact) mass is 434 g/mol. The number of aromatic hydroxyl groups is 2. The molecule has 2 atom stereocenters. The average Bonchev–Trinajstić information content (AvgIpc) is 2.74. The number of rotatable bonds is 6. The van der Waals surface area contributed by atoms with Gasteiger partial charge in [0.15, 0.2) is 0 Å². The molecule has 0 heterocycles. The second-order valence-electron chi connectivity index (χ2n) is 9.92. The van der Waals surface area contributed by atoms with E-state index in [0.717, 1.165) is 59.1 Å². The molecule has 2 unspecified atom stereocenters. The van der Waals surface area contributed by atoms with Gasteiger partial charge in [-0.2, -0.15) is 0 Å². The lowest BCUT2D eigenvalue weighted by Gasteiger charge is -2.24. The molecule has 0 saturated heterocycles. The van der Waals surface area contributed by atoms with Gasteiger partial charge < -0.3 is 10.2 Å². The predicted octanol–water partition coefficient (Wildman–Crippen LogP) is 6.81. The number of phenolic OH excluding ortho intramolecular Hbond substituents is 2. The normalized spacial score (nSPS) is 19.6. The van der Waals surface area contributed by atoms with Gasteiger partial charge in [0.1, 0.15) is 11.5 Å². The van der Waals surface area contributed by atoms with E-state index in [4.69, 9.17) is 9.98 Å². The first kappa shape index (κ1) is 24.0. The van der Waals surface area contributed by atoms with E-state index in [1.165, 1.54) is 0 Å². The molecule has 3 rings (SSSR count). The van der Waals surface area contributed by atoms with Crippen LogP contribution in [-0.4, -0.2) is 34.7 Å². The molecular formula is C28H38N2O2. The third-order valence-corrected chi connectivity index (χ3v) is 6.34. The Bertz CT molecular complexity index is 925. The van der Waals surface area contributed by atoms with Gasteiger partial charge in [0.05, 0.1) is 12.1 Å². The lowest BCUT2D eigenvalue weighted by Crippen LogP contribution is -2.21. The molecule has 4 nitrogen and oxygen atoms in total. The molecule has 1 aliphatic rings. The van der Waals surface area contributed by atoms with Crippen molar-refractivity contribution in [3.63, 3.8) is 0 Å². The molecule has 2 aromatic carbocycles. The van der Waals surface area contributed by atoms with Gasteiger partial charge in [-0.3, -0.25) is 9.98 Å². The van der Waals surface area contributed by atoms with Crippen LogP contribution in [0.3, 0.4) is 0 Å². The number of aryl methyl sites for hydroxylation is 2. The fourth-order valence-electron chi connectivity index (χ4n) is 4.53. The maximum absolute atomic E-state index is 10.6. The second-order valence-corrected chi connectivity index (χ2v) is 9.92. The van der Waals surface area contributed by atoms with Crippen LogP contribution in [0.1, 0.15) is 98.6 Å². The molecule has 0 bridgehead atoms. The van der Waals surface area contributed by atoms with Crippen molar-refractivity contribution in [3.05, 3.63) is 57.6 Å². The van der Waals surface area contributed by atoms with E-state index in [1.54, 1.807) is 0 Å². The predicted molar refractivity (Wildman–Crippen MR) is 135 cm³/mol. The van der Waals surface area contributed by atoms with Crippen LogP contribution in [0.15, 0.2) is 34.3 Å². The van der Waals surface area contributed by atoms with Gasteiger partial charge in [0.25, 0.3) is 0 Å². The minimum atomic E-state index is 0.200. The largest absolute Gasteiger partial charge is 0.507 e. The Labute approximate surface area is 193 Å². The summed E-state index contributed by atoms with van der Waals surface area (Å²) in [5, 5.41) is 21.3. The van der Waals surface area contributed by atoms with Gasteiger partial charge in [-0.25, -0.2) is 0 Å². The van der Waals surface area contributed by atoms with Crippen LogP contribution in [0.4, 0.5) is 0 Å². The SMILES string of the molecule is Cc1cc(C=NC2CCCC(N=Cc3cc(C)cc(C(C)C)c3O)C2)c(O)c(C(C)C)c1. The number of hydrogen-bond donors (Lipinski definition) is 2. The second kappa shape index (κ2) is 10.3. The number of benzene rings is 2. The summed E-state index contributed by atoms with van der Waals surface area (Å²) in [6.45, 7) is 12.5. The molecule has 32 heavy (non-hydrogen) atoms. The molecule has 1 fully saturated rings. The Morgan fingerprint density at radius 3 is 1.53 bits per heavy atom. The highest BCUT2D eigenvalue weighted by Gasteiger charge is 2.21. The van der Waals surface area contributed by atoms with Crippen LogP contribution in [0.5, 0.6) is 11.5 Å². The van der Waals surface area contributed by atoms with Crippen molar-refractivity contribution in [2.45, 2.75) is 91.1 Å². The maximum Gasteiger partial charge on any atom is 0.127 e. The molecule has 0 aromatic heterocycles. The van der Waals surface area contributed by atoms with E-state index >= 15 is 0 Å². The van der Waals surface area contributed by atoms with Gasteiger partial charge in [0.2, 0.25) is 0 Å². The van der Waals surface area contributed by atoms with Crippen molar-refractivity contribution in [2.75, 3.05) is 0 Å². The zero-order valence-electron chi connectivity index (χ0n) is 20.4. The van der Waals surface area contributed by atoms with Gasteiger partial charge in [-0.05, 0) is 85.8 Å². The van der Waals surface area contributed by atoms with Crippen molar-refractivity contribution in [3.8, 4) is 11.5 Å². The van der Waals surface area contributed by atoms with Crippen molar-refractivity contribution in [1.29, 1.82) is 0 Å². The summed E-state index contributed by atoms with van der Waals surface area (Å²) < 4.78 is 0. The van der Waals surface area contributed by atoms with Crippen LogP contribution in [-0.2, 0) is 0 Å². The quantitative estimate of drug-likeness (QED) is 0.490. The molecule has 1 aliphatic carbocycles. The third kappa shape index (κ3) is 5.79. The number of aliphatic imine (C=N–C) groups is 2. The van der Waals surface area contributed by atoms with E-state index in [2.05, 4.69) is 41.5 Å². The van der Waals surface area contributed by atoms with Gasteiger partial charge >= 0.3 is 0 Å². The molecule has 2 N–H and O–H groups in total. The highest BCUT2D eigenvalue weighted by atomic mass is 16.3. The van der Waals surface area contributed by atoms with Gasteiger partial charge in [-0.1, -0.05) is 39.8 Å². The van der Waals surface area contributed by atoms with Gasteiger partial charge in [0, 0.05) is 23.6 Å². The van der Waals surface area contributed by atoms with Gasteiger partial charge in [-0.15, -0.1) is 0 Å². The Morgan fingerprint density at radius 1 is 0.750 bits per heavy atom. The molecule has 0 spiro atoms. The molecule has 4 heteroatoms. The van der Waals surface area contributed by atoms with Crippen LogP contribution in [0.2, 0.25) is 0 Å². The molecule has 2 aromatic rings. The van der Waals surface area contributed by atoms with E-state index in [1.807, 2.05) is 36.7 Å². The standard InChI is InChI=1S/C28H38N2O2/c1-17(2)25-12-19(5)10-21(27(25)31)15-29-23-8-7-9-24(14-23)30-16-22-11-20(6)13-26(18(3)4)28(22)32/h10-13,15-18,23-24,31-32H,7-9,14H2,1-6H3. The fourth-order valence-corrected chi connectivity index (χ4v) is 4.53. The lowest BCUT2D eigenvalue weighted by molar-refractivity contribution is 0.397. The molecular weight excluding hydrogens is 396 g/mol. The third-order valence-electron chi connectivity index (χ3n) is 6.34. The van der Waals surface area contributed by atoms with Crippen molar-refractivity contribution in [1.82, 2.24) is 0 Å². The highest BCUT2D eigenvalue weighted by Crippen LogP contribution is 2.32. The highest BCUT2D eigenvalue weighted by molar-refractivity contribution is 5.85. The zero-order valence-corrected chi connectivity index (χ0v) is 20.4. The van der Waals surface area contributed by atoms with E-state index in [0.29, 0.717) is 11.5 Å². The number of phenols is 2. The smallest absolute Gasteiger partial charge is 0.127 e. The molecule has 0 aliphatic heterocycles. The number of nitrogens with zero attached hydrogens (tertiary/aromatic N) is 2. The maximum atomic E-state index is 10.6. The zero-order chi connectivity index (χ0) is 23.4. The minimum absolute atomic E-state index is 0.200. The Kier molecular flexibility index (Phi) is 7.76. The average molecular weight is 435 g/mol. The van der Waals surface area contributed by atoms with Crippen molar-refractivity contribution < 1.29 is 10.2 Å². The van der Waals surface area contributed by atoms with E-state index in [9.17, 15) is 10.2 Å². The summed E-state index contributed by atoms with van der Waals surface area (Å²) >= 11 is 0. The van der Waals surface area contributed by atoms with Crippen LogP contribution in [0, 0.1) is 13.8 Å². The topological polar surface area (TPSA) is 65.2 Å². The summed E-state index contributed by atoms with van der Waals surface area (Å²) in [5.41, 5.74) is 5.80. The van der Waals surface area contributed by atoms with Crippen LogP contribution < -0.4 is 0 Å². The van der Waals surface area contributed by atoms with Crippen molar-refractivity contribution >= 4 is 12.4 Å². The summed E-state index contributed by atoms with van der Waals surface area (Å²) in [4.78, 5) is 9.64. The Balaban J connectivity index is 1.73.